The first-order valence-corrected chi connectivity index (χ1v) is 10.7. The van der Waals surface area contributed by atoms with E-state index in [0.29, 0.717) is 46.2 Å². The predicted octanol–water partition coefficient (Wildman–Crippen LogP) is 4.87. The first kappa shape index (κ1) is 24.1. The van der Waals surface area contributed by atoms with Gasteiger partial charge in [0.15, 0.2) is 11.5 Å². The molecule has 0 aliphatic carbocycles. The van der Waals surface area contributed by atoms with Gasteiger partial charge in [0.2, 0.25) is 23.4 Å². The van der Waals surface area contributed by atoms with Crippen molar-refractivity contribution in [3.8, 4) is 28.7 Å². The van der Waals surface area contributed by atoms with Crippen molar-refractivity contribution in [1.82, 2.24) is 15.1 Å². The Balaban J connectivity index is 1.77. The molecule has 9 heteroatoms. The van der Waals surface area contributed by atoms with Crippen LogP contribution in [-0.4, -0.2) is 48.9 Å². The van der Waals surface area contributed by atoms with Crippen molar-refractivity contribution in [1.29, 1.82) is 0 Å². The average Bonchev–Trinajstić information content (AvgIpc) is 3.30. The van der Waals surface area contributed by atoms with Gasteiger partial charge < -0.3 is 23.5 Å². The number of hydrogen-bond donors (Lipinski definition) is 0. The summed E-state index contributed by atoms with van der Waals surface area (Å²) < 4.78 is 21.8. The quantitative estimate of drug-likeness (QED) is 0.390. The molecular formula is C24H26ClN3O5. The molecule has 0 bridgehead atoms. The number of nitrogens with zero attached hydrogens (tertiary/aromatic N) is 3. The van der Waals surface area contributed by atoms with Gasteiger partial charge in [-0.15, -0.1) is 10.2 Å². The number of amides is 1. The normalized spacial score (nSPS) is 10.9. The zero-order valence-electron chi connectivity index (χ0n) is 19.0. The number of hydrogen-bond acceptors (Lipinski definition) is 7. The highest BCUT2D eigenvalue weighted by atomic mass is 35.5. The molecule has 2 aromatic carbocycles. The lowest BCUT2D eigenvalue weighted by Gasteiger charge is -2.18. The van der Waals surface area contributed by atoms with Crippen LogP contribution < -0.4 is 14.2 Å². The largest absolute Gasteiger partial charge is 0.493 e. The van der Waals surface area contributed by atoms with E-state index in [1.807, 2.05) is 19.1 Å². The summed E-state index contributed by atoms with van der Waals surface area (Å²) >= 11 is 6.21. The van der Waals surface area contributed by atoms with Gasteiger partial charge >= 0.3 is 0 Å². The molecule has 3 rings (SSSR count). The fourth-order valence-electron chi connectivity index (χ4n) is 3.23. The molecule has 0 radical (unpaired) electrons. The number of aromatic nitrogens is 2. The molecule has 0 fully saturated rings. The minimum Gasteiger partial charge on any atom is -0.493 e. The van der Waals surface area contributed by atoms with Gasteiger partial charge in [-0.05, 0) is 42.3 Å². The Morgan fingerprint density at radius 3 is 2.39 bits per heavy atom. The summed E-state index contributed by atoms with van der Waals surface area (Å²) in [6.45, 7) is 2.71. The molecule has 1 aromatic heterocycles. The van der Waals surface area contributed by atoms with Crippen LogP contribution in [0.3, 0.4) is 0 Å². The lowest BCUT2D eigenvalue weighted by atomic mass is 10.1. The van der Waals surface area contributed by atoms with Crippen LogP contribution in [-0.2, 0) is 11.3 Å². The smallest absolute Gasteiger partial charge is 0.249 e. The zero-order chi connectivity index (χ0) is 23.8. The van der Waals surface area contributed by atoms with E-state index in [2.05, 4.69) is 10.2 Å². The van der Waals surface area contributed by atoms with Crippen molar-refractivity contribution >= 4 is 23.6 Å². The van der Waals surface area contributed by atoms with Gasteiger partial charge in [0, 0.05) is 12.6 Å². The van der Waals surface area contributed by atoms with Crippen LogP contribution in [0.2, 0.25) is 5.02 Å². The maximum atomic E-state index is 12.9. The van der Waals surface area contributed by atoms with Gasteiger partial charge in [0.25, 0.3) is 0 Å². The van der Waals surface area contributed by atoms with E-state index in [-0.39, 0.29) is 12.5 Å². The maximum Gasteiger partial charge on any atom is 0.249 e. The molecule has 174 valence electrons. The third-order valence-corrected chi connectivity index (χ3v) is 5.14. The molecule has 0 saturated carbocycles. The average molecular weight is 472 g/mol. The standard InChI is InChI=1S/C24H26ClN3O5/c1-5-12-28(15-21-26-27-24(33-21)17-8-6-7-9-18(17)25)22(29)11-10-16-13-19(30-2)23(32-4)20(14-16)31-3/h6-11,13-14H,5,12,15H2,1-4H3/b11-10+. The molecule has 0 unspecified atom stereocenters. The Kier molecular flexibility index (Phi) is 8.32. The monoisotopic (exact) mass is 471 g/mol. The lowest BCUT2D eigenvalue weighted by Crippen LogP contribution is -2.29. The zero-order valence-corrected chi connectivity index (χ0v) is 19.8. The molecule has 0 N–H and O–H groups in total. The van der Waals surface area contributed by atoms with E-state index < -0.39 is 0 Å². The summed E-state index contributed by atoms with van der Waals surface area (Å²) in [5, 5.41) is 8.67. The molecule has 0 saturated heterocycles. The Morgan fingerprint density at radius 1 is 1.09 bits per heavy atom. The summed E-state index contributed by atoms with van der Waals surface area (Å²) in [5.74, 6) is 1.95. The van der Waals surface area contributed by atoms with Crippen LogP contribution >= 0.6 is 11.6 Å². The summed E-state index contributed by atoms with van der Waals surface area (Å²) in [4.78, 5) is 14.6. The van der Waals surface area contributed by atoms with Crippen molar-refractivity contribution in [3.05, 3.63) is 59.0 Å². The van der Waals surface area contributed by atoms with E-state index in [4.69, 9.17) is 30.2 Å². The fourth-order valence-corrected chi connectivity index (χ4v) is 3.45. The second-order valence-corrected chi connectivity index (χ2v) is 7.44. The van der Waals surface area contributed by atoms with Crippen LogP contribution in [0.15, 0.2) is 46.9 Å². The van der Waals surface area contributed by atoms with Crippen LogP contribution in [0.25, 0.3) is 17.5 Å². The molecule has 0 aliphatic heterocycles. The van der Waals surface area contributed by atoms with Gasteiger partial charge in [0.1, 0.15) is 0 Å². The van der Waals surface area contributed by atoms with Crippen LogP contribution in [0, 0.1) is 0 Å². The number of halogens is 1. The third-order valence-electron chi connectivity index (χ3n) is 4.81. The van der Waals surface area contributed by atoms with E-state index in [1.165, 1.54) is 13.2 Å². The number of carbonyl (C=O) groups is 1. The van der Waals surface area contributed by atoms with Crippen LogP contribution in [0.4, 0.5) is 0 Å². The van der Waals surface area contributed by atoms with E-state index >= 15 is 0 Å². The van der Waals surface area contributed by atoms with Crippen LogP contribution in [0.5, 0.6) is 17.2 Å². The lowest BCUT2D eigenvalue weighted by molar-refractivity contribution is -0.126. The number of carbonyl (C=O) groups excluding carboxylic acids is 1. The van der Waals surface area contributed by atoms with Gasteiger partial charge in [-0.1, -0.05) is 30.7 Å². The second kappa shape index (κ2) is 11.4. The Labute approximate surface area is 197 Å². The molecular weight excluding hydrogens is 446 g/mol. The summed E-state index contributed by atoms with van der Waals surface area (Å²) in [6.07, 6.45) is 3.95. The van der Waals surface area contributed by atoms with Crippen molar-refractivity contribution in [2.45, 2.75) is 19.9 Å². The molecule has 33 heavy (non-hydrogen) atoms. The molecule has 1 heterocycles. The van der Waals surface area contributed by atoms with Crippen molar-refractivity contribution in [2.75, 3.05) is 27.9 Å². The highest BCUT2D eigenvalue weighted by Gasteiger charge is 2.17. The van der Waals surface area contributed by atoms with Crippen LogP contribution in [0.1, 0.15) is 24.8 Å². The van der Waals surface area contributed by atoms with E-state index in [0.717, 1.165) is 12.0 Å². The Morgan fingerprint density at radius 2 is 1.79 bits per heavy atom. The number of methoxy groups -OCH3 is 3. The summed E-state index contributed by atoms with van der Waals surface area (Å²) in [6, 6.07) is 10.7. The first-order chi connectivity index (χ1) is 16.0. The summed E-state index contributed by atoms with van der Waals surface area (Å²) in [7, 11) is 4.62. The highest BCUT2D eigenvalue weighted by molar-refractivity contribution is 6.33. The van der Waals surface area contributed by atoms with Crippen molar-refractivity contribution < 1.29 is 23.4 Å². The van der Waals surface area contributed by atoms with Crippen molar-refractivity contribution in [2.24, 2.45) is 0 Å². The topological polar surface area (TPSA) is 86.9 Å². The van der Waals surface area contributed by atoms with Gasteiger partial charge in [-0.2, -0.15) is 0 Å². The summed E-state index contributed by atoms with van der Waals surface area (Å²) in [5.41, 5.74) is 1.38. The fraction of sp³-hybridized carbons (Fsp3) is 0.292. The SMILES string of the molecule is CCCN(Cc1nnc(-c2ccccc2Cl)o1)C(=O)/C=C/c1cc(OC)c(OC)c(OC)c1. The molecule has 8 nitrogen and oxygen atoms in total. The Bertz CT molecular complexity index is 1100. The van der Waals surface area contributed by atoms with Gasteiger partial charge in [-0.3, -0.25) is 4.79 Å². The maximum absolute atomic E-state index is 12.9. The third kappa shape index (κ3) is 5.84. The molecule has 0 atom stereocenters. The number of benzene rings is 2. The highest BCUT2D eigenvalue weighted by Crippen LogP contribution is 2.38. The molecule has 1 amide bonds. The van der Waals surface area contributed by atoms with Gasteiger partial charge in [0.05, 0.1) is 38.5 Å². The first-order valence-electron chi connectivity index (χ1n) is 10.3. The van der Waals surface area contributed by atoms with Crippen molar-refractivity contribution in [3.63, 3.8) is 0 Å². The number of ether oxygens (including phenoxy) is 3. The van der Waals surface area contributed by atoms with E-state index in [9.17, 15) is 4.79 Å². The molecule has 0 spiro atoms. The minimum atomic E-state index is -0.192. The Hall–Kier alpha value is -3.52. The van der Waals surface area contributed by atoms with E-state index in [1.54, 1.807) is 49.5 Å². The molecule has 3 aromatic rings. The minimum absolute atomic E-state index is 0.184. The second-order valence-electron chi connectivity index (χ2n) is 7.03. The van der Waals surface area contributed by atoms with Gasteiger partial charge in [-0.25, -0.2) is 0 Å². The molecule has 0 aliphatic rings. The predicted molar refractivity (Wildman–Crippen MR) is 126 cm³/mol. The number of rotatable bonds is 10.